The Kier molecular flexibility index (Phi) is 4.49. The molecule has 4 nitrogen and oxygen atoms in total. The molecule has 1 aliphatic heterocycles. The zero-order valence-corrected chi connectivity index (χ0v) is 15.6. The zero-order chi connectivity index (χ0) is 18.1. The molecule has 0 unspecified atom stereocenters. The van der Waals surface area contributed by atoms with Crippen LogP contribution < -0.4 is 0 Å². The Balaban J connectivity index is 1.64. The summed E-state index contributed by atoms with van der Waals surface area (Å²) < 4.78 is 11.9. The van der Waals surface area contributed by atoms with Gasteiger partial charge in [-0.25, -0.2) is 9.79 Å². The summed E-state index contributed by atoms with van der Waals surface area (Å²) in [5.41, 5.74) is 1.69. The molecule has 0 bridgehead atoms. The van der Waals surface area contributed by atoms with Gasteiger partial charge < -0.3 is 9.15 Å². The lowest BCUT2D eigenvalue weighted by Crippen LogP contribution is -2.04. The number of rotatable bonds is 3. The van der Waals surface area contributed by atoms with Gasteiger partial charge in [0.05, 0.1) is 5.02 Å². The third-order valence-corrected chi connectivity index (χ3v) is 4.55. The van der Waals surface area contributed by atoms with Crippen molar-refractivity contribution in [2.45, 2.75) is 0 Å². The van der Waals surface area contributed by atoms with Crippen LogP contribution in [-0.2, 0) is 9.53 Å². The van der Waals surface area contributed by atoms with Crippen molar-refractivity contribution in [3.05, 3.63) is 87.2 Å². The van der Waals surface area contributed by atoms with Crippen LogP contribution in [-0.4, -0.2) is 11.9 Å². The van der Waals surface area contributed by atoms with E-state index in [9.17, 15) is 4.79 Å². The van der Waals surface area contributed by atoms with E-state index in [1.165, 1.54) is 0 Å². The van der Waals surface area contributed by atoms with Gasteiger partial charge in [0.2, 0.25) is 5.90 Å². The molecule has 0 aliphatic carbocycles. The maximum Gasteiger partial charge on any atom is 0.363 e. The van der Waals surface area contributed by atoms with Crippen LogP contribution in [0.5, 0.6) is 0 Å². The molecule has 0 atom stereocenters. The summed E-state index contributed by atoms with van der Waals surface area (Å²) in [4.78, 5) is 16.3. The number of hydrogen-bond acceptors (Lipinski definition) is 4. The Bertz CT molecular complexity index is 1050. The van der Waals surface area contributed by atoms with Gasteiger partial charge in [-0.15, -0.1) is 0 Å². The van der Waals surface area contributed by atoms with Crippen LogP contribution in [0.1, 0.15) is 11.3 Å². The summed E-state index contributed by atoms with van der Waals surface area (Å²) in [7, 11) is 0. The molecule has 0 saturated heterocycles. The largest absolute Gasteiger partial charge is 0.457 e. The number of nitrogens with zero attached hydrogens (tertiary/aromatic N) is 1. The second-order valence-electron chi connectivity index (χ2n) is 5.53. The summed E-state index contributed by atoms with van der Waals surface area (Å²) in [5, 5.41) is 0.567. The quantitative estimate of drug-likeness (QED) is 0.397. The summed E-state index contributed by atoms with van der Waals surface area (Å²) in [6.45, 7) is 0. The second-order valence-corrected chi connectivity index (χ2v) is 6.85. The van der Waals surface area contributed by atoms with E-state index in [-0.39, 0.29) is 11.6 Å². The molecule has 2 aromatic carbocycles. The number of cyclic esters (lactones) is 1. The zero-order valence-electron chi connectivity index (χ0n) is 13.3. The van der Waals surface area contributed by atoms with Crippen molar-refractivity contribution in [2.75, 3.05) is 0 Å². The van der Waals surface area contributed by atoms with E-state index in [1.807, 2.05) is 42.5 Å². The molecule has 128 valence electrons. The van der Waals surface area contributed by atoms with Gasteiger partial charge in [-0.05, 0) is 42.5 Å². The highest BCUT2D eigenvalue weighted by molar-refractivity contribution is 9.10. The minimum absolute atomic E-state index is 0.187. The van der Waals surface area contributed by atoms with E-state index in [0.717, 1.165) is 15.6 Å². The van der Waals surface area contributed by atoms with Crippen molar-refractivity contribution in [1.29, 1.82) is 0 Å². The molecule has 1 aliphatic rings. The average Bonchev–Trinajstić information content (AvgIpc) is 3.23. The maximum absolute atomic E-state index is 12.1. The molecular formula is C20H11BrClNO3. The molecular weight excluding hydrogens is 418 g/mol. The summed E-state index contributed by atoms with van der Waals surface area (Å²) in [6, 6.07) is 18.3. The molecule has 0 saturated carbocycles. The van der Waals surface area contributed by atoms with E-state index in [0.29, 0.717) is 16.5 Å². The number of hydrogen-bond donors (Lipinski definition) is 0. The van der Waals surface area contributed by atoms with Crippen LogP contribution in [0.25, 0.3) is 17.4 Å². The fourth-order valence-electron chi connectivity index (χ4n) is 2.51. The highest BCUT2D eigenvalue weighted by atomic mass is 79.9. The molecule has 26 heavy (non-hydrogen) atoms. The third-order valence-electron chi connectivity index (χ3n) is 3.74. The topological polar surface area (TPSA) is 51.8 Å². The van der Waals surface area contributed by atoms with Crippen LogP contribution in [0.2, 0.25) is 5.02 Å². The Hall–Kier alpha value is -2.63. The van der Waals surface area contributed by atoms with Crippen LogP contribution in [0.4, 0.5) is 0 Å². The van der Waals surface area contributed by atoms with E-state index in [1.54, 1.807) is 24.3 Å². The van der Waals surface area contributed by atoms with Crippen LogP contribution in [0, 0.1) is 0 Å². The van der Waals surface area contributed by atoms with Crippen molar-refractivity contribution < 1.29 is 13.9 Å². The highest BCUT2D eigenvalue weighted by Crippen LogP contribution is 2.32. The van der Waals surface area contributed by atoms with Crippen molar-refractivity contribution in [3.63, 3.8) is 0 Å². The smallest absolute Gasteiger partial charge is 0.363 e. The fourth-order valence-corrected chi connectivity index (χ4v) is 3.28. The minimum atomic E-state index is -0.511. The second kappa shape index (κ2) is 6.94. The first-order chi connectivity index (χ1) is 12.6. The lowest BCUT2D eigenvalue weighted by atomic mass is 10.2. The molecule has 4 rings (SSSR count). The van der Waals surface area contributed by atoms with E-state index in [4.69, 9.17) is 20.8 Å². The summed E-state index contributed by atoms with van der Waals surface area (Å²) in [6.07, 6.45) is 1.55. The predicted molar refractivity (Wildman–Crippen MR) is 104 cm³/mol. The normalized spacial score (nSPS) is 15.2. The molecule has 0 spiro atoms. The van der Waals surface area contributed by atoms with Crippen LogP contribution in [0.15, 0.2) is 80.2 Å². The Labute approximate surface area is 162 Å². The maximum atomic E-state index is 12.1. The molecule has 2 heterocycles. The number of furan rings is 1. The molecule has 0 radical (unpaired) electrons. The van der Waals surface area contributed by atoms with E-state index < -0.39 is 5.97 Å². The van der Waals surface area contributed by atoms with Gasteiger partial charge in [-0.2, -0.15) is 0 Å². The van der Waals surface area contributed by atoms with Crippen LogP contribution >= 0.6 is 27.5 Å². The number of carbonyl (C=O) groups is 1. The van der Waals surface area contributed by atoms with Gasteiger partial charge in [0.1, 0.15) is 11.5 Å². The fraction of sp³-hybridized carbons (Fsp3) is 0. The molecule has 0 fully saturated rings. The molecule has 1 aromatic heterocycles. The summed E-state index contributed by atoms with van der Waals surface area (Å²) >= 11 is 9.63. The van der Waals surface area contributed by atoms with Crippen molar-refractivity contribution in [2.24, 2.45) is 4.99 Å². The van der Waals surface area contributed by atoms with Crippen molar-refractivity contribution in [1.82, 2.24) is 0 Å². The number of halogens is 2. The number of aliphatic imine (C=N–C) groups is 1. The first kappa shape index (κ1) is 16.8. The number of esters is 1. The lowest BCUT2D eigenvalue weighted by Gasteiger charge is -2.00. The first-order valence-corrected chi connectivity index (χ1v) is 8.90. The molecule has 3 aromatic rings. The predicted octanol–water partition coefficient (Wildman–Crippen LogP) is 5.71. The Morgan fingerprint density at radius 3 is 2.62 bits per heavy atom. The molecule has 6 heteroatoms. The van der Waals surface area contributed by atoms with Gasteiger partial charge in [0, 0.05) is 21.7 Å². The summed E-state index contributed by atoms with van der Waals surface area (Å²) in [5.74, 6) is 0.866. The van der Waals surface area contributed by atoms with Crippen molar-refractivity contribution >= 4 is 45.5 Å². The number of carbonyl (C=O) groups excluding carboxylic acids is 1. The van der Waals surface area contributed by atoms with Gasteiger partial charge in [0.15, 0.2) is 5.70 Å². The van der Waals surface area contributed by atoms with Gasteiger partial charge in [-0.3, -0.25) is 0 Å². The lowest BCUT2D eigenvalue weighted by molar-refractivity contribution is -0.129. The van der Waals surface area contributed by atoms with Gasteiger partial charge >= 0.3 is 5.97 Å². The first-order valence-electron chi connectivity index (χ1n) is 7.73. The third kappa shape index (κ3) is 3.36. The molecule has 0 amide bonds. The van der Waals surface area contributed by atoms with Gasteiger partial charge in [0.25, 0.3) is 0 Å². The van der Waals surface area contributed by atoms with Gasteiger partial charge in [-0.1, -0.05) is 45.7 Å². The van der Waals surface area contributed by atoms with Crippen LogP contribution in [0.3, 0.4) is 0 Å². The van der Waals surface area contributed by atoms with E-state index in [2.05, 4.69) is 20.9 Å². The van der Waals surface area contributed by atoms with E-state index >= 15 is 0 Å². The minimum Gasteiger partial charge on any atom is -0.457 e. The number of ether oxygens (including phenoxy) is 1. The Morgan fingerprint density at radius 1 is 1.04 bits per heavy atom. The molecule has 0 N–H and O–H groups in total. The monoisotopic (exact) mass is 427 g/mol. The highest BCUT2D eigenvalue weighted by Gasteiger charge is 2.24. The van der Waals surface area contributed by atoms with Crippen molar-refractivity contribution in [3.8, 4) is 11.3 Å². The average molecular weight is 429 g/mol. The Morgan fingerprint density at radius 2 is 1.85 bits per heavy atom. The SMILES string of the molecule is O=C1OC(c2ccccc2)=NC1=Cc1ccc(-c2ccc(Br)cc2Cl)o1. The number of benzene rings is 2. The standard InChI is InChI=1S/C20H11BrClNO3/c21-13-6-8-15(16(22)10-13)18-9-7-14(25-18)11-17-20(24)26-19(23-17)12-4-2-1-3-5-12/h1-11H.